The fraction of sp³-hybridized carbons (Fsp3) is 0.548. The van der Waals surface area contributed by atoms with Gasteiger partial charge < -0.3 is 29.6 Å². The molecule has 2 aromatic heterocycles. The van der Waals surface area contributed by atoms with E-state index in [0.717, 1.165) is 6.07 Å². The standard InChI is InChI=1S/C31H38ClFN4O6S.C24H28ClFN4O4S2.C3H7ClO2S.4CH4/c1-30(2,3)42-28(39)35-19-11-8-17(9-12-19)23-22(27(38)41-7)24(20-13-10-18(33)16-21(20)32)37(29(40)43-31(4,5)6)25(36-23)26-34-14-15-44-26;1-3-12-36(32,33)30-16-7-4-14(5-8-16)20-19(24(31)34-2)21(17-9-6-15(26)13-18(17)25)29-22(28-20)23-27-10-11-35-23;1-2-3-7(4,5)6;;;;/h10,13-17,19,24H,8-9,11-12H2,1-7H3,(H,35,39);6,9-11,13-14,16,21,30H,3-5,7-8,12H2,1-2H3,(H,28,29);2-3H2,1H3;4*1H4. The number of alkyl carbamates (subject to hydrolysis) is 1. The summed E-state index contributed by atoms with van der Waals surface area (Å²) in [6.07, 6.45) is 8.00. The number of rotatable bonds is 15. The number of halogens is 5. The van der Waals surface area contributed by atoms with Crippen molar-refractivity contribution < 1.29 is 63.7 Å². The lowest BCUT2D eigenvalue weighted by atomic mass is 9.80. The third-order valence-corrected chi connectivity index (χ3v) is 18.9. The predicted octanol–water partition coefficient (Wildman–Crippen LogP) is 15.0. The Kier molecular flexibility index (Phi) is 31.9. The van der Waals surface area contributed by atoms with Gasteiger partial charge in [-0.3, -0.25) is 4.99 Å². The average molecular weight is 1410 g/mol. The van der Waals surface area contributed by atoms with Gasteiger partial charge in [0, 0.05) is 73.1 Å². The molecular weight excluding hydrogens is 1320 g/mol. The first kappa shape index (κ1) is 81.5. The number of esters is 2. The van der Waals surface area contributed by atoms with Crippen molar-refractivity contribution in [3.8, 4) is 0 Å². The third-order valence-electron chi connectivity index (χ3n) is 13.7. The molecule has 4 aliphatic rings. The van der Waals surface area contributed by atoms with Crippen LogP contribution in [0.25, 0.3) is 0 Å². The Balaban J connectivity index is 0.000000546. The van der Waals surface area contributed by atoms with Gasteiger partial charge in [-0.1, -0.05) is 78.9 Å². The van der Waals surface area contributed by atoms with Crippen LogP contribution in [0.1, 0.15) is 183 Å². The van der Waals surface area contributed by atoms with Crippen molar-refractivity contribution in [3.05, 3.63) is 125 Å². The number of amidine groups is 2. The number of amides is 2. The molecule has 0 spiro atoms. The first-order valence-electron chi connectivity index (χ1n) is 28.1. The number of hydrogen-bond acceptors (Lipinski definition) is 19. The summed E-state index contributed by atoms with van der Waals surface area (Å²) in [5, 5.41) is 11.0. The Labute approximate surface area is 558 Å². The molecule has 2 fully saturated rings. The van der Waals surface area contributed by atoms with Crippen molar-refractivity contribution in [2.24, 2.45) is 21.8 Å². The summed E-state index contributed by atoms with van der Waals surface area (Å²) in [7, 11) is 0.834. The number of allylic oxidation sites excluding steroid dienone is 2. The zero-order chi connectivity index (χ0) is 64.2. The zero-order valence-corrected chi connectivity index (χ0v) is 55.4. The molecule has 508 valence electrons. The predicted molar refractivity (Wildman–Crippen MR) is 360 cm³/mol. The SMILES string of the molecule is C.C.C.C.CCCS(=O)(=O)Cl.CCCS(=O)(=O)NC1CCC(C2=C(C(=O)OC)C(c3ccc(F)cc3Cl)N=C(c3nccs3)N2)CC1.COC(=O)C1=C(C2CCC(NC(=O)OC(C)(C)C)CC2)N=C(c2nccs2)N(C(=O)OC(C)(C)C)C1c1ccc(F)cc1Cl. The van der Waals surface area contributed by atoms with E-state index >= 15 is 0 Å². The lowest BCUT2D eigenvalue weighted by molar-refractivity contribution is -0.137. The summed E-state index contributed by atoms with van der Waals surface area (Å²) in [6, 6.07) is 5.52. The van der Waals surface area contributed by atoms with Crippen LogP contribution in [-0.4, -0.2) is 117 Å². The van der Waals surface area contributed by atoms with Crippen LogP contribution in [0.4, 0.5) is 18.4 Å². The molecule has 3 N–H and O–H groups in total. The minimum absolute atomic E-state index is 0. The fourth-order valence-corrected chi connectivity index (χ4v) is 14.3. The molecule has 20 nitrogen and oxygen atoms in total. The van der Waals surface area contributed by atoms with E-state index < -0.39 is 78.1 Å². The molecule has 0 radical (unpaired) electrons. The Morgan fingerprint density at radius 2 is 1.19 bits per heavy atom. The maximum absolute atomic E-state index is 14.2. The number of ether oxygens (including phenoxy) is 4. The monoisotopic (exact) mass is 1410 g/mol. The molecule has 8 rings (SSSR count). The number of carbonyl (C=O) groups is 4. The normalized spacial score (nSPS) is 20.0. The highest BCUT2D eigenvalue weighted by Gasteiger charge is 2.47. The maximum atomic E-state index is 14.2. The number of thiazole rings is 2. The molecule has 0 saturated heterocycles. The highest BCUT2D eigenvalue weighted by molar-refractivity contribution is 8.13. The van der Waals surface area contributed by atoms with E-state index in [0.29, 0.717) is 108 Å². The summed E-state index contributed by atoms with van der Waals surface area (Å²) >= 11 is 15.7. The Morgan fingerprint density at radius 1 is 0.692 bits per heavy atom. The Morgan fingerprint density at radius 3 is 1.65 bits per heavy atom. The summed E-state index contributed by atoms with van der Waals surface area (Å²) in [5.74, 6) is -1.81. The van der Waals surface area contributed by atoms with Gasteiger partial charge in [-0.25, -0.2) is 69.4 Å². The molecule has 2 atom stereocenters. The van der Waals surface area contributed by atoms with Gasteiger partial charge in [0.25, 0.3) is 0 Å². The minimum atomic E-state index is -3.32. The highest BCUT2D eigenvalue weighted by atomic mass is 35.7. The van der Waals surface area contributed by atoms with Crippen LogP contribution in [0.2, 0.25) is 10.0 Å². The van der Waals surface area contributed by atoms with Crippen molar-refractivity contribution in [1.82, 2.24) is 30.2 Å². The van der Waals surface area contributed by atoms with E-state index in [-0.39, 0.29) is 86.6 Å². The lowest BCUT2D eigenvalue weighted by Crippen LogP contribution is -2.48. The number of methoxy groups -OCH3 is 2. The van der Waals surface area contributed by atoms with Crippen LogP contribution in [0.5, 0.6) is 0 Å². The largest absolute Gasteiger partial charge is 0.466 e. The molecule has 4 heterocycles. The van der Waals surface area contributed by atoms with Crippen LogP contribution >= 0.6 is 56.6 Å². The van der Waals surface area contributed by atoms with Gasteiger partial charge in [0.05, 0.1) is 42.6 Å². The maximum Gasteiger partial charge on any atom is 0.416 e. The molecule has 2 saturated carbocycles. The van der Waals surface area contributed by atoms with Crippen LogP contribution < -0.4 is 15.4 Å². The van der Waals surface area contributed by atoms with E-state index in [1.54, 1.807) is 66.2 Å². The number of carbonyl (C=O) groups excluding carboxylic acids is 4. The second kappa shape index (κ2) is 35.6. The van der Waals surface area contributed by atoms with Gasteiger partial charge in [0.15, 0.2) is 21.7 Å². The number of aliphatic imine (C=N–C) groups is 2. The van der Waals surface area contributed by atoms with Crippen molar-refractivity contribution in [2.45, 2.75) is 185 Å². The molecule has 2 aromatic carbocycles. The summed E-state index contributed by atoms with van der Waals surface area (Å²) in [6.45, 7) is 14.2. The highest BCUT2D eigenvalue weighted by Crippen LogP contribution is 2.46. The van der Waals surface area contributed by atoms with E-state index in [9.17, 15) is 44.8 Å². The number of nitrogens with one attached hydrogen (secondary N) is 3. The van der Waals surface area contributed by atoms with Gasteiger partial charge in [0.2, 0.25) is 19.1 Å². The summed E-state index contributed by atoms with van der Waals surface area (Å²) < 4.78 is 96.9. The first-order chi connectivity index (χ1) is 40.9. The fourth-order valence-electron chi connectivity index (χ4n) is 10.2. The molecule has 2 aliphatic heterocycles. The van der Waals surface area contributed by atoms with Crippen molar-refractivity contribution in [3.63, 3.8) is 0 Å². The zero-order valence-electron chi connectivity index (χ0n) is 49.9. The summed E-state index contributed by atoms with van der Waals surface area (Å²) in [4.78, 5) is 72.8. The second-order valence-corrected chi connectivity index (χ2v) is 30.1. The van der Waals surface area contributed by atoms with Gasteiger partial charge in [0.1, 0.15) is 34.9 Å². The molecule has 2 unspecified atom stereocenters. The Hall–Kier alpha value is -5.61. The van der Waals surface area contributed by atoms with Crippen molar-refractivity contribution in [1.29, 1.82) is 0 Å². The molecule has 2 amide bonds. The summed E-state index contributed by atoms with van der Waals surface area (Å²) in [5.41, 5.74) is 0.731. The Bertz CT molecular complexity index is 3450. The molecule has 2 aliphatic carbocycles. The molecule has 4 aromatic rings. The number of nitrogens with zero attached hydrogens (tertiary/aromatic N) is 5. The number of hydrogen-bond donors (Lipinski definition) is 3. The smallest absolute Gasteiger partial charge is 0.416 e. The van der Waals surface area contributed by atoms with Crippen LogP contribution in [0.3, 0.4) is 0 Å². The van der Waals surface area contributed by atoms with E-state index in [4.69, 9.17) is 62.8 Å². The number of sulfonamides is 1. The molecule has 0 bridgehead atoms. The van der Waals surface area contributed by atoms with Gasteiger partial charge in [-0.2, -0.15) is 0 Å². The number of aromatic nitrogens is 2. The molecule has 29 heteroatoms. The van der Waals surface area contributed by atoms with Gasteiger partial charge in [-0.15, -0.1) is 22.7 Å². The van der Waals surface area contributed by atoms with Gasteiger partial charge in [-0.05, 0) is 141 Å². The van der Waals surface area contributed by atoms with Crippen LogP contribution in [-0.2, 0) is 47.6 Å². The van der Waals surface area contributed by atoms with Crippen LogP contribution in [0, 0.1) is 23.5 Å². The number of benzene rings is 2. The quantitative estimate of drug-likeness (QED) is 0.0567. The van der Waals surface area contributed by atoms with E-state index in [1.165, 1.54) is 72.1 Å². The first-order valence-corrected chi connectivity index (χ1v) is 34.7. The molecular formula is C62H89Cl3F2N8O12S4. The third kappa shape index (κ3) is 23.1. The van der Waals surface area contributed by atoms with Gasteiger partial charge >= 0.3 is 24.1 Å². The minimum Gasteiger partial charge on any atom is -0.466 e. The van der Waals surface area contributed by atoms with E-state index in [2.05, 4.69) is 25.3 Å². The average Bonchev–Trinajstić information content (AvgIpc) is 1.29. The molecule has 91 heavy (non-hydrogen) atoms. The topological polar surface area (TPSA) is 263 Å². The lowest BCUT2D eigenvalue weighted by Gasteiger charge is -2.40. The van der Waals surface area contributed by atoms with Crippen molar-refractivity contribution >= 4 is 111 Å². The second-order valence-electron chi connectivity index (χ2n) is 22.7. The van der Waals surface area contributed by atoms with E-state index in [1.807, 2.05) is 12.3 Å². The van der Waals surface area contributed by atoms with Crippen molar-refractivity contribution in [2.75, 3.05) is 25.7 Å². The van der Waals surface area contributed by atoms with Crippen LogP contribution in [0.15, 0.2) is 92.1 Å².